The van der Waals surface area contributed by atoms with Crippen LogP contribution in [-0.4, -0.2) is 8.42 Å². The van der Waals surface area contributed by atoms with Gasteiger partial charge in [-0.15, -0.1) is 0 Å². The lowest BCUT2D eigenvalue weighted by Gasteiger charge is -2.21. The van der Waals surface area contributed by atoms with E-state index in [4.69, 9.17) is 0 Å². The first-order valence-electron chi connectivity index (χ1n) is 9.36. The number of anilines is 1. The summed E-state index contributed by atoms with van der Waals surface area (Å²) in [6, 6.07) is 13.2. The van der Waals surface area contributed by atoms with Crippen molar-refractivity contribution in [1.29, 1.82) is 0 Å². The maximum atomic E-state index is 13.0. The Morgan fingerprint density at radius 3 is 1.73 bits per heavy atom. The molecule has 0 saturated carbocycles. The molecule has 0 heterocycles. The van der Waals surface area contributed by atoms with Gasteiger partial charge >= 0.3 is 0 Å². The molecule has 2 aromatic rings. The number of rotatable bonds is 7. The molecule has 0 saturated heterocycles. The molecule has 1 N–H and O–H groups in total. The molecule has 0 atom stereocenters. The predicted molar refractivity (Wildman–Crippen MR) is 110 cm³/mol. The average molecular weight is 374 g/mol. The van der Waals surface area contributed by atoms with Crippen molar-refractivity contribution in [3.8, 4) is 0 Å². The monoisotopic (exact) mass is 373 g/mol. The van der Waals surface area contributed by atoms with Crippen molar-refractivity contribution in [2.45, 2.75) is 64.7 Å². The first-order valence-corrected chi connectivity index (χ1v) is 10.8. The van der Waals surface area contributed by atoms with Crippen LogP contribution in [0, 0.1) is 5.92 Å². The van der Waals surface area contributed by atoms with E-state index in [0.717, 1.165) is 28.8 Å². The number of nitrogens with one attached hydrogen (secondary N) is 1. The highest BCUT2D eigenvalue weighted by Gasteiger charge is 2.20. The quantitative estimate of drug-likeness (QED) is 0.653. The maximum Gasteiger partial charge on any atom is 0.261 e. The molecule has 0 aliphatic rings. The standard InChI is InChI=1S/C22H31NO2S/c1-15(2)14-18-10-12-19(13-11-18)26(24,25)23-22-20(16(3)4)8-7-9-21(22)17(5)6/h7-13,15-17,23H,14H2,1-6H3. The van der Waals surface area contributed by atoms with E-state index in [9.17, 15) is 8.42 Å². The summed E-state index contributed by atoms with van der Waals surface area (Å²) in [7, 11) is -3.62. The van der Waals surface area contributed by atoms with Crippen LogP contribution in [0.15, 0.2) is 47.4 Å². The molecule has 4 heteroatoms. The second-order valence-electron chi connectivity index (χ2n) is 7.97. The molecule has 3 nitrogen and oxygen atoms in total. The van der Waals surface area contributed by atoms with Gasteiger partial charge in [-0.3, -0.25) is 4.72 Å². The molecule has 0 aliphatic heterocycles. The number of para-hydroxylation sites is 1. The van der Waals surface area contributed by atoms with Crippen molar-refractivity contribution in [3.63, 3.8) is 0 Å². The van der Waals surface area contributed by atoms with Gasteiger partial charge in [-0.2, -0.15) is 0 Å². The Morgan fingerprint density at radius 1 is 0.808 bits per heavy atom. The summed E-state index contributed by atoms with van der Waals surface area (Å²) in [5, 5.41) is 0. The van der Waals surface area contributed by atoms with Crippen LogP contribution in [0.2, 0.25) is 0 Å². The minimum atomic E-state index is -3.62. The van der Waals surface area contributed by atoms with Crippen molar-refractivity contribution >= 4 is 15.7 Å². The Balaban J connectivity index is 2.40. The van der Waals surface area contributed by atoms with E-state index in [0.29, 0.717) is 10.8 Å². The molecule has 2 aromatic carbocycles. The van der Waals surface area contributed by atoms with Gasteiger partial charge in [-0.05, 0) is 53.0 Å². The predicted octanol–water partition coefficient (Wildman–Crippen LogP) is 5.93. The lowest BCUT2D eigenvalue weighted by atomic mass is 9.93. The zero-order valence-electron chi connectivity index (χ0n) is 16.7. The van der Waals surface area contributed by atoms with Gasteiger partial charge in [0.25, 0.3) is 10.0 Å². The lowest BCUT2D eigenvalue weighted by molar-refractivity contribution is 0.601. The summed E-state index contributed by atoms with van der Waals surface area (Å²) < 4.78 is 28.8. The van der Waals surface area contributed by atoms with Crippen molar-refractivity contribution in [1.82, 2.24) is 0 Å². The molecule has 0 aliphatic carbocycles. The van der Waals surface area contributed by atoms with Crippen LogP contribution in [0.3, 0.4) is 0 Å². The highest BCUT2D eigenvalue weighted by molar-refractivity contribution is 7.92. The molecule has 0 fully saturated rings. The number of sulfonamides is 1. The van der Waals surface area contributed by atoms with Gasteiger partial charge in [0.1, 0.15) is 0 Å². The third-order valence-corrected chi connectivity index (χ3v) is 5.85. The molecule has 26 heavy (non-hydrogen) atoms. The van der Waals surface area contributed by atoms with Gasteiger partial charge in [0.05, 0.1) is 10.6 Å². The minimum Gasteiger partial charge on any atom is -0.279 e. The van der Waals surface area contributed by atoms with Crippen molar-refractivity contribution in [3.05, 3.63) is 59.2 Å². The molecular weight excluding hydrogens is 342 g/mol. The molecule has 0 aromatic heterocycles. The molecular formula is C22H31NO2S. The Morgan fingerprint density at radius 2 is 1.31 bits per heavy atom. The van der Waals surface area contributed by atoms with E-state index in [-0.39, 0.29) is 11.8 Å². The molecule has 2 rings (SSSR count). The smallest absolute Gasteiger partial charge is 0.261 e. The third kappa shape index (κ3) is 4.88. The third-order valence-electron chi connectivity index (χ3n) is 4.49. The molecule has 0 spiro atoms. The first kappa shape index (κ1) is 20.5. The summed E-state index contributed by atoms with van der Waals surface area (Å²) in [4.78, 5) is 0.304. The van der Waals surface area contributed by atoms with Crippen molar-refractivity contribution < 1.29 is 8.42 Å². The summed E-state index contributed by atoms with van der Waals surface area (Å²) in [6.45, 7) is 12.6. The van der Waals surface area contributed by atoms with Crippen LogP contribution in [-0.2, 0) is 16.4 Å². The molecule has 0 unspecified atom stereocenters. The fourth-order valence-corrected chi connectivity index (χ4v) is 4.25. The minimum absolute atomic E-state index is 0.236. The number of hydrogen-bond donors (Lipinski definition) is 1. The zero-order chi connectivity index (χ0) is 19.5. The SMILES string of the molecule is CC(C)Cc1ccc(S(=O)(=O)Nc2c(C(C)C)cccc2C(C)C)cc1. The van der Waals surface area contributed by atoms with Gasteiger partial charge < -0.3 is 0 Å². The van der Waals surface area contributed by atoms with Gasteiger partial charge in [0.15, 0.2) is 0 Å². The highest BCUT2D eigenvalue weighted by Crippen LogP contribution is 2.34. The topological polar surface area (TPSA) is 46.2 Å². The van der Waals surface area contributed by atoms with Gasteiger partial charge in [0.2, 0.25) is 0 Å². The van der Waals surface area contributed by atoms with E-state index in [1.54, 1.807) is 12.1 Å². The van der Waals surface area contributed by atoms with E-state index in [1.165, 1.54) is 0 Å². The molecule has 0 bridgehead atoms. The second-order valence-corrected chi connectivity index (χ2v) is 9.65. The second kappa shape index (κ2) is 8.26. The Bertz CT molecular complexity index is 809. The Kier molecular flexibility index (Phi) is 6.51. The van der Waals surface area contributed by atoms with Crippen molar-refractivity contribution in [2.75, 3.05) is 4.72 Å². The zero-order valence-corrected chi connectivity index (χ0v) is 17.5. The number of benzene rings is 2. The van der Waals surface area contributed by atoms with Crippen LogP contribution < -0.4 is 4.72 Å². The largest absolute Gasteiger partial charge is 0.279 e. The first-order chi connectivity index (χ1) is 12.1. The maximum absolute atomic E-state index is 13.0. The van der Waals surface area contributed by atoms with Crippen LogP contribution in [0.1, 0.15) is 70.1 Å². The average Bonchev–Trinajstić information content (AvgIpc) is 2.54. The van der Waals surface area contributed by atoms with E-state index >= 15 is 0 Å². The van der Waals surface area contributed by atoms with E-state index < -0.39 is 10.0 Å². The van der Waals surface area contributed by atoms with Gasteiger partial charge in [-0.1, -0.05) is 71.9 Å². The summed E-state index contributed by atoms with van der Waals surface area (Å²) in [5.41, 5.74) is 3.93. The summed E-state index contributed by atoms with van der Waals surface area (Å²) in [6.07, 6.45) is 0.946. The Labute approximate surface area is 158 Å². The molecule has 0 amide bonds. The Hall–Kier alpha value is -1.81. The fourth-order valence-electron chi connectivity index (χ4n) is 3.14. The summed E-state index contributed by atoms with van der Waals surface area (Å²) >= 11 is 0. The van der Waals surface area contributed by atoms with Crippen LogP contribution in [0.25, 0.3) is 0 Å². The molecule has 0 radical (unpaired) electrons. The van der Waals surface area contributed by atoms with Crippen molar-refractivity contribution in [2.24, 2.45) is 5.92 Å². The van der Waals surface area contributed by atoms with Crippen LogP contribution in [0.4, 0.5) is 5.69 Å². The molecule has 142 valence electrons. The summed E-state index contributed by atoms with van der Waals surface area (Å²) in [5.74, 6) is 1.02. The van der Waals surface area contributed by atoms with Gasteiger partial charge in [-0.25, -0.2) is 8.42 Å². The van der Waals surface area contributed by atoms with E-state index in [1.807, 2.05) is 30.3 Å². The number of hydrogen-bond acceptors (Lipinski definition) is 2. The van der Waals surface area contributed by atoms with E-state index in [2.05, 4.69) is 46.3 Å². The van der Waals surface area contributed by atoms with Gasteiger partial charge in [0, 0.05) is 0 Å². The lowest BCUT2D eigenvalue weighted by Crippen LogP contribution is -2.16. The normalized spacial score (nSPS) is 12.2. The van der Waals surface area contributed by atoms with Crippen LogP contribution >= 0.6 is 0 Å². The fraction of sp³-hybridized carbons (Fsp3) is 0.455. The van der Waals surface area contributed by atoms with Crippen LogP contribution in [0.5, 0.6) is 0 Å². The highest BCUT2D eigenvalue weighted by atomic mass is 32.2.